The molecule has 0 fully saturated rings. The quantitative estimate of drug-likeness (QED) is 0.751. The molecule has 0 aliphatic heterocycles. The first kappa shape index (κ1) is 15.5. The molecule has 21 heavy (non-hydrogen) atoms. The van der Waals surface area contributed by atoms with Gasteiger partial charge in [0.15, 0.2) is 5.13 Å². The third-order valence-corrected chi connectivity index (χ3v) is 3.93. The van der Waals surface area contributed by atoms with Crippen LogP contribution in [0.15, 0.2) is 34.2 Å². The Balaban J connectivity index is 1.87. The van der Waals surface area contributed by atoms with Crippen LogP contribution < -0.4 is 10.6 Å². The highest BCUT2D eigenvalue weighted by atomic mass is 79.9. The van der Waals surface area contributed by atoms with E-state index in [1.807, 2.05) is 0 Å². The number of nitrogens with one attached hydrogen (secondary N) is 2. The zero-order valence-corrected chi connectivity index (χ0v) is 13.2. The summed E-state index contributed by atoms with van der Waals surface area (Å²) < 4.78 is 0.834. The predicted molar refractivity (Wildman–Crippen MR) is 84.9 cm³/mol. The maximum absolute atomic E-state index is 11.7. The summed E-state index contributed by atoms with van der Waals surface area (Å²) >= 11 is 4.58. The van der Waals surface area contributed by atoms with Crippen LogP contribution >= 0.6 is 27.3 Å². The maximum atomic E-state index is 11.7. The van der Waals surface area contributed by atoms with E-state index in [1.54, 1.807) is 30.5 Å². The molecular weight excluding hydrogens is 358 g/mol. The second kappa shape index (κ2) is 7.19. The van der Waals surface area contributed by atoms with E-state index in [4.69, 9.17) is 5.11 Å². The van der Waals surface area contributed by atoms with Crippen molar-refractivity contribution in [3.8, 4) is 0 Å². The molecule has 0 unspecified atom stereocenters. The van der Waals surface area contributed by atoms with Crippen molar-refractivity contribution >= 4 is 50.1 Å². The summed E-state index contributed by atoms with van der Waals surface area (Å²) in [6, 6.07) is 6.66. The van der Waals surface area contributed by atoms with Gasteiger partial charge in [-0.15, -0.1) is 0 Å². The number of carboxylic acid groups (broad SMARTS) is 1. The fraction of sp³-hybridized carbons (Fsp3) is 0.154. The summed E-state index contributed by atoms with van der Waals surface area (Å²) in [7, 11) is 0. The molecule has 2 aromatic rings. The lowest BCUT2D eigenvalue weighted by Crippen LogP contribution is -2.19. The molecule has 0 bridgehead atoms. The topological polar surface area (TPSA) is 91.3 Å². The van der Waals surface area contributed by atoms with Crippen molar-refractivity contribution in [2.75, 3.05) is 10.6 Å². The molecular formula is C13H12BrN3O3S. The van der Waals surface area contributed by atoms with E-state index in [-0.39, 0.29) is 12.5 Å². The number of carbonyl (C=O) groups excluding carboxylic acids is 1. The van der Waals surface area contributed by atoms with Crippen molar-refractivity contribution in [1.29, 1.82) is 0 Å². The number of nitrogens with zero attached hydrogens (tertiary/aromatic N) is 1. The first-order chi connectivity index (χ1) is 10.0. The standard InChI is InChI=1S/C13H12BrN3O3S/c14-10-7-15-13(21-10)17-12(20)16-9-4-1-8(2-5-9)3-6-11(18)19/h1-2,4-5,7H,3,6H2,(H,18,19)(H2,15,16,17,20). The number of carboxylic acids is 1. The Hall–Kier alpha value is -1.93. The van der Waals surface area contributed by atoms with Crippen LogP contribution in [-0.2, 0) is 11.2 Å². The number of benzene rings is 1. The van der Waals surface area contributed by atoms with E-state index in [0.717, 1.165) is 9.35 Å². The molecule has 1 aromatic carbocycles. The van der Waals surface area contributed by atoms with Gasteiger partial charge in [-0.3, -0.25) is 10.1 Å². The number of thiazole rings is 1. The van der Waals surface area contributed by atoms with Crippen molar-refractivity contribution in [3.05, 3.63) is 39.8 Å². The van der Waals surface area contributed by atoms with Crippen LogP contribution in [0.5, 0.6) is 0 Å². The number of halogens is 1. The largest absolute Gasteiger partial charge is 0.481 e. The van der Waals surface area contributed by atoms with Gasteiger partial charge in [0.1, 0.15) is 0 Å². The molecule has 6 nitrogen and oxygen atoms in total. The summed E-state index contributed by atoms with van der Waals surface area (Å²) in [5, 5.41) is 14.4. The number of urea groups is 1. The second-order valence-corrected chi connectivity index (χ2v) is 6.55. The highest BCUT2D eigenvalue weighted by molar-refractivity contribution is 9.11. The predicted octanol–water partition coefficient (Wildman–Crippen LogP) is 3.57. The average Bonchev–Trinajstić information content (AvgIpc) is 2.83. The Bertz CT molecular complexity index is 642. The zero-order valence-electron chi connectivity index (χ0n) is 10.8. The molecule has 1 heterocycles. The number of amides is 2. The van der Waals surface area contributed by atoms with E-state index in [2.05, 4.69) is 31.5 Å². The number of aryl methyl sites for hydroxylation is 1. The highest BCUT2D eigenvalue weighted by Gasteiger charge is 2.06. The van der Waals surface area contributed by atoms with Crippen molar-refractivity contribution < 1.29 is 14.7 Å². The molecule has 0 atom stereocenters. The Morgan fingerprint density at radius 2 is 1.95 bits per heavy atom. The van der Waals surface area contributed by atoms with Crippen molar-refractivity contribution in [3.63, 3.8) is 0 Å². The molecule has 0 saturated heterocycles. The van der Waals surface area contributed by atoms with Crippen LogP contribution in [0, 0.1) is 0 Å². The van der Waals surface area contributed by atoms with Gasteiger partial charge in [0.25, 0.3) is 0 Å². The van der Waals surface area contributed by atoms with Gasteiger partial charge in [-0.2, -0.15) is 0 Å². The molecule has 2 amide bonds. The summed E-state index contributed by atoms with van der Waals surface area (Å²) in [4.78, 5) is 26.2. The lowest BCUT2D eigenvalue weighted by molar-refractivity contribution is -0.136. The van der Waals surface area contributed by atoms with Gasteiger partial charge in [0, 0.05) is 12.1 Å². The van der Waals surface area contributed by atoms with Crippen LogP contribution in [0.25, 0.3) is 0 Å². The number of aromatic nitrogens is 1. The van der Waals surface area contributed by atoms with Crippen molar-refractivity contribution in [2.24, 2.45) is 0 Å². The molecule has 0 spiro atoms. The van der Waals surface area contributed by atoms with Crippen LogP contribution in [-0.4, -0.2) is 22.1 Å². The Morgan fingerprint density at radius 3 is 2.52 bits per heavy atom. The SMILES string of the molecule is O=C(O)CCc1ccc(NC(=O)Nc2ncc(Br)s2)cc1. The van der Waals surface area contributed by atoms with Gasteiger partial charge in [-0.05, 0) is 40.0 Å². The summed E-state index contributed by atoms with van der Waals surface area (Å²) in [6.07, 6.45) is 2.17. The minimum atomic E-state index is -0.828. The van der Waals surface area contributed by atoms with Gasteiger partial charge in [-0.25, -0.2) is 9.78 Å². The average molecular weight is 370 g/mol. The molecule has 0 aliphatic carbocycles. The summed E-state index contributed by atoms with van der Waals surface area (Å²) in [5.41, 5.74) is 1.54. The Labute approximate surface area is 133 Å². The van der Waals surface area contributed by atoms with E-state index in [1.165, 1.54) is 11.3 Å². The van der Waals surface area contributed by atoms with Gasteiger partial charge >= 0.3 is 12.0 Å². The molecule has 3 N–H and O–H groups in total. The molecule has 8 heteroatoms. The lowest BCUT2D eigenvalue weighted by Gasteiger charge is -2.06. The van der Waals surface area contributed by atoms with Gasteiger partial charge in [0.2, 0.25) is 0 Å². The van der Waals surface area contributed by atoms with Crippen molar-refractivity contribution in [2.45, 2.75) is 12.8 Å². The second-order valence-electron chi connectivity index (χ2n) is 4.14. The number of hydrogen-bond acceptors (Lipinski definition) is 4. The van der Waals surface area contributed by atoms with E-state index >= 15 is 0 Å². The van der Waals surface area contributed by atoms with Gasteiger partial charge < -0.3 is 10.4 Å². The first-order valence-corrected chi connectivity index (χ1v) is 7.64. The van der Waals surface area contributed by atoms with E-state index < -0.39 is 5.97 Å². The smallest absolute Gasteiger partial charge is 0.325 e. The van der Waals surface area contributed by atoms with Gasteiger partial charge in [-0.1, -0.05) is 23.5 Å². The fourth-order valence-corrected chi connectivity index (χ4v) is 2.68. The van der Waals surface area contributed by atoms with Crippen LogP contribution in [0.1, 0.15) is 12.0 Å². The normalized spacial score (nSPS) is 10.1. The third-order valence-electron chi connectivity index (χ3n) is 2.54. The number of aliphatic carboxylic acids is 1. The van der Waals surface area contributed by atoms with E-state index in [9.17, 15) is 9.59 Å². The molecule has 0 radical (unpaired) electrons. The zero-order chi connectivity index (χ0) is 15.2. The fourth-order valence-electron chi connectivity index (χ4n) is 1.58. The molecule has 2 rings (SSSR count). The number of rotatable bonds is 5. The third kappa shape index (κ3) is 5.16. The number of anilines is 2. The number of hydrogen-bond donors (Lipinski definition) is 3. The van der Waals surface area contributed by atoms with Crippen LogP contribution in [0.2, 0.25) is 0 Å². The Morgan fingerprint density at radius 1 is 1.24 bits per heavy atom. The monoisotopic (exact) mass is 369 g/mol. The molecule has 110 valence electrons. The first-order valence-electron chi connectivity index (χ1n) is 6.03. The van der Waals surface area contributed by atoms with Crippen LogP contribution in [0.3, 0.4) is 0 Å². The summed E-state index contributed by atoms with van der Waals surface area (Å²) in [6.45, 7) is 0. The van der Waals surface area contributed by atoms with E-state index in [0.29, 0.717) is 17.2 Å². The number of carbonyl (C=O) groups is 2. The summed E-state index contributed by atoms with van der Waals surface area (Å²) in [5.74, 6) is -0.828. The minimum Gasteiger partial charge on any atom is -0.481 e. The Kier molecular flexibility index (Phi) is 5.29. The van der Waals surface area contributed by atoms with Gasteiger partial charge in [0.05, 0.1) is 9.98 Å². The molecule has 1 aromatic heterocycles. The minimum absolute atomic E-state index is 0.0895. The lowest BCUT2D eigenvalue weighted by atomic mass is 10.1. The molecule has 0 saturated carbocycles. The highest BCUT2D eigenvalue weighted by Crippen LogP contribution is 2.23. The van der Waals surface area contributed by atoms with Crippen molar-refractivity contribution in [1.82, 2.24) is 4.98 Å². The molecule has 0 aliphatic rings. The maximum Gasteiger partial charge on any atom is 0.325 e. The van der Waals surface area contributed by atoms with Crippen LogP contribution in [0.4, 0.5) is 15.6 Å².